The second-order valence-electron chi connectivity index (χ2n) is 7.74. The summed E-state index contributed by atoms with van der Waals surface area (Å²) in [6, 6.07) is 0.371. The van der Waals surface area contributed by atoms with Crippen molar-refractivity contribution < 1.29 is 14.6 Å². The molecule has 3 aliphatic heterocycles. The molecule has 1 aromatic heterocycles. The van der Waals surface area contributed by atoms with Crippen molar-refractivity contribution in [2.24, 2.45) is 18.9 Å². The Labute approximate surface area is 143 Å². The predicted molar refractivity (Wildman–Crippen MR) is 89.7 cm³/mol. The number of ether oxygens (including phenoxy) is 2. The van der Waals surface area contributed by atoms with E-state index in [-0.39, 0.29) is 11.8 Å². The number of aryl methyl sites for hydroxylation is 1. The Hall–Kier alpha value is -0.950. The first kappa shape index (κ1) is 16.5. The molecule has 3 saturated heterocycles. The molecular formula is C18H29N3O3. The molecular weight excluding hydrogens is 306 g/mol. The molecule has 134 valence electrons. The number of hydrogen-bond donors (Lipinski definition) is 1. The van der Waals surface area contributed by atoms with Crippen molar-refractivity contribution in [3.8, 4) is 0 Å². The first-order valence-corrected chi connectivity index (χ1v) is 9.11. The molecule has 0 spiro atoms. The second kappa shape index (κ2) is 6.09. The second-order valence-corrected chi connectivity index (χ2v) is 7.74. The van der Waals surface area contributed by atoms with Gasteiger partial charge >= 0.3 is 0 Å². The van der Waals surface area contributed by atoms with Gasteiger partial charge in [-0.05, 0) is 20.3 Å². The Bertz CT molecular complexity index is 617. The average molecular weight is 335 g/mol. The molecule has 4 rings (SSSR count). The highest BCUT2D eigenvalue weighted by Crippen LogP contribution is 2.44. The van der Waals surface area contributed by atoms with E-state index in [0.29, 0.717) is 25.9 Å². The lowest BCUT2D eigenvalue weighted by atomic mass is 9.66. The molecule has 3 fully saturated rings. The van der Waals surface area contributed by atoms with Gasteiger partial charge in [-0.1, -0.05) is 0 Å². The van der Waals surface area contributed by atoms with E-state index in [1.165, 1.54) is 5.69 Å². The molecule has 0 unspecified atom stereocenters. The van der Waals surface area contributed by atoms with Crippen LogP contribution in [0.5, 0.6) is 0 Å². The number of aromatic nitrogens is 2. The van der Waals surface area contributed by atoms with Crippen molar-refractivity contribution >= 4 is 0 Å². The van der Waals surface area contributed by atoms with Crippen LogP contribution in [-0.4, -0.2) is 64.2 Å². The van der Waals surface area contributed by atoms with Gasteiger partial charge in [0.25, 0.3) is 0 Å². The van der Waals surface area contributed by atoms with Crippen molar-refractivity contribution in [3.63, 3.8) is 0 Å². The van der Waals surface area contributed by atoms with Crippen molar-refractivity contribution in [1.82, 2.24) is 14.5 Å². The summed E-state index contributed by atoms with van der Waals surface area (Å²) in [7, 11) is 2.09. The Morgan fingerprint density at radius 2 is 2.04 bits per heavy atom. The highest BCUT2D eigenvalue weighted by atomic mass is 16.5. The smallest absolute Gasteiger partial charge is 0.123 e. The van der Waals surface area contributed by atoms with Crippen LogP contribution >= 0.6 is 0 Å². The summed E-state index contributed by atoms with van der Waals surface area (Å²) in [6.07, 6.45) is 1.72. The third-order valence-corrected chi connectivity index (χ3v) is 6.61. The normalized spacial score (nSPS) is 37.1. The number of imidazole rings is 1. The fourth-order valence-corrected chi connectivity index (χ4v) is 4.86. The minimum absolute atomic E-state index is 0.164. The van der Waals surface area contributed by atoms with Crippen LogP contribution in [0, 0.1) is 25.7 Å². The van der Waals surface area contributed by atoms with Crippen LogP contribution in [0.2, 0.25) is 0 Å². The molecule has 6 nitrogen and oxygen atoms in total. The van der Waals surface area contributed by atoms with E-state index in [1.54, 1.807) is 0 Å². The molecule has 24 heavy (non-hydrogen) atoms. The molecule has 1 aromatic rings. The van der Waals surface area contributed by atoms with Gasteiger partial charge in [-0.25, -0.2) is 4.98 Å². The van der Waals surface area contributed by atoms with Gasteiger partial charge in [-0.2, -0.15) is 0 Å². The zero-order chi connectivity index (χ0) is 16.9. The number of aliphatic hydroxyl groups is 1. The van der Waals surface area contributed by atoms with Crippen LogP contribution in [0.1, 0.15) is 30.1 Å². The first-order chi connectivity index (χ1) is 11.5. The van der Waals surface area contributed by atoms with Gasteiger partial charge in [-0.15, -0.1) is 0 Å². The Morgan fingerprint density at radius 3 is 2.79 bits per heavy atom. The number of hydrogen-bond acceptors (Lipinski definition) is 5. The quantitative estimate of drug-likeness (QED) is 0.875. The molecule has 0 aliphatic carbocycles. The van der Waals surface area contributed by atoms with Gasteiger partial charge < -0.3 is 19.1 Å². The van der Waals surface area contributed by atoms with Crippen molar-refractivity contribution in [1.29, 1.82) is 0 Å². The standard InChI is InChI=1S/C18H29N3O3/c1-12-13(2)20(3)17(19-12)9-21-8-14-10-24-7-5-18(14,22)15-11-23-6-4-16(15)21/h14-16,22H,4-11H2,1-3H3/t14-,15+,16-,18-/m1/s1. The third kappa shape index (κ3) is 2.51. The number of likely N-dealkylation sites (tertiary alicyclic amines) is 1. The van der Waals surface area contributed by atoms with Crippen LogP contribution in [0.3, 0.4) is 0 Å². The Kier molecular flexibility index (Phi) is 4.19. The number of piperidine rings is 1. The topological polar surface area (TPSA) is 59.8 Å². The molecule has 0 amide bonds. The number of nitrogens with zero attached hydrogens (tertiary/aromatic N) is 3. The van der Waals surface area contributed by atoms with Crippen molar-refractivity contribution in [2.75, 3.05) is 33.0 Å². The monoisotopic (exact) mass is 335 g/mol. The maximum Gasteiger partial charge on any atom is 0.123 e. The fraction of sp³-hybridized carbons (Fsp3) is 0.833. The third-order valence-electron chi connectivity index (χ3n) is 6.61. The van der Waals surface area contributed by atoms with Crippen molar-refractivity contribution in [2.45, 2.75) is 44.9 Å². The molecule has 0 radical (unpaired) electrons. The van der Waals surface area contributed by atoms with E-state index in [9.17, 15) is 5.11 Å². The molecule has 0 bridgehead atoms. The number of fused-ring (bicyclic) bond motifs is 3. The average Bonchev–Trinajstić information content (AvgIpc) is 2.83. The van der Waals surface area contributed by atoms with Gasteiger partial charge in [0.1, 0.15) is 5.82 Å². The van der Waals surface area contributed by atoms with Gasteiger partial charge in [-0.3, -0.25) is 4.90 Å². The Balaban J connectivity index is 1.62. The van der Waals surface area contributed by atoms with Crippen LogP contribution < -0.4 is 0 Å². The molecule has 4 atom stereocenters. The number of rotatable bonds is 2. The fourth-order valence-electron chi connectivity index (χ4n) is 4.86. The SMILES string of the molecule is Cc1nc(CN2C[C@@H]3COCC[C@]3(O)[C@H]3COCC[C@H]32)n(C)c1C. The molecule has 3 aliphatic rings. The van der Waals surface area contributed by atoms with E-state index < -0.39 is 5.60 Å². The minimum atomic E-state index is -0.632. The summed E-state index contributed by atoms with van der Waals surface area (Å²) in [5, 5.41) is 11.4. The van der Waals surface area contributed by atoms with Crippen molar-refractivity contribution in [3.05, 3.63) is 17.2 Å². The molecule has 4 heterocycles. The van der Waals surface area contributed by atoms with Crippen LogP contribution in [0.4, 0.5) is 0 Å². The summed E-state index contributed by atoms with van der Waals surface area (Å²) in [5.41, 5.74) is 1.70. The zero-order valence-electron chi connectivity index (χ0n) is 15.0. The van der Waals surface area contributed by atoms with E-state index in [1.807, 2.05) is 0 Å². The lowest BCUT2D eigenvalue weighted by molar-refractivity contribution is -0.221. The van der Waals surface area contributed by atoms with E-state index in [4.69, 9.17) is 14.5 Å². The van der Waals surface area contributed by atoms with Crippen LogP contribution in [0.15, 0.2) is 0 Å². The van der Waals surface area contributed by atoms with E-state index in [0.717, 1.165) is 44.1 Å². The van der Waals surface area contributed by atoms with Gasteiger partial charge in [0.05, 0.1) is 31.1 Å². The lowest BCUT2D eigenvalue weighted by Crippen LogP contribution is -2.67. The van der Waals surface area contributed by atoms with E-state index in [2.05, 4.69) is 30.4 Å². The largest absolute Gasteiger partial charge is 0.389 e. The Morgan fingerprint density at radius 1 is 1.25 bits per heavy atom. The summed E-state index contributed by atoms with van der Waals surface area (Å²) in [5.74, 6) is 1.45. The van der Waals surface area contributed by atoms with Gasteiger partial charge in [0, 0.05) is 56.8 Å². The lowest BCUT2D eigenvalue weighted by Gasteiger charge is -2.57. The summed E-state index contributed by atoms with van der Waals surface area (Å²) in [6.45, 7) is 8.65. The highest BCUT2D eigenvalue weighted by molar-refractivity contribution is 5.14. The molecule has 6 heteroatoms. The molecule has 1 N–H and O–H groups in total. The maximum atomic E-state index is 11.4. The van der Waals surface area contributed by atoms with Gasteiger partial charge in [0.15, 0.2) is 0 Å². The summed E-state index contributed by atoms with van der Waals surface area (Å²) in [4.78, 5) is 7.28. The first-order valence-electron chi connectivity index (χ1n) is 9.11. The minimum Gasteiger partial charge on any atom is -0.389 e. The van der Waals surface area contributed by atoms with Crippen LogP contribution in [0.25, 0.3) is 0 Å². The van der Waals surface area contributed by atoms with Crippen LogP contribution in [-0.2, 0) is 23.1 Å². The maximum absolute atomic E-state index is 11.4. The van der Waals surface area contributed by atoms with E-state index >= 15 is 0 Å². The summed E-state index contributed by atoms with van der Waals surface area (Å²) >= 11 is 0. The summed E-state index contributed by atoms with van der Waals surface area (Å²) < 4.78 is 13.6. The van der Waals surface area contributed by atoms with Gasteiger partial charge in [0.2, 0.25) is 0 Å². The predicted octanol–water partition coefficient (Wildman–Crippen LogP) is 1.03. The molecule has 0 aromatic carbocycles. The highest BCUT2D eigenvalue weighted by Gasteiger charge is 2.55. The molecule has 0 saturated carbocycles. The zero-order valence-corrected chi connectivity index (χ0v) is 15.0.